The molecule has 0 radical (unpaired) electrons. The SMILES string of the molecule is O=C(Nc1ccc([C@H]2CNCCO2)cc1)c1cnn(-c2cc(Cl)ccn2)c1. The lowest BCUT2D eigenvalue weighted by Gasteiger charge is -2.24. The van der Waals surface area contributed by atoms with Crippen molar-refractivity contribution in [1.82, 2.24) is 20.1 Å². The molecular formula is C19H18ClN5O2. The molecule has 1 aliphatic heterocycles. The Bertz CT molecular complexity index is 935. The Balaban J connectivity index is 1.43. The summed E-state index contributed by atoms with van der Waals surface area (Å²) >= 11 is 5.97. The molecule has 1 saturated heterocycles. The number of hydrogen-bond acceptors (Lipinski definition) is 5. The van der Waals surface area contributed by atoms with Crippen LogP contribution in [-0.4, -0.2) is 40.4 Å². The van der Waals surface area contributed by atoms with Gasteiger partial charge in [0.1, 0.15) is 0 Å². The van der Waals surface area contributed by atoms with Crippen molar-refractivity contribution < 1.29 is 9.53 Å². The van der Waals surface area contributed by atoms with Crippen LogP contribution in [-0.2, 0) is 4.74 Å². The summed E-state index contributed by atoms with van der Waals surface area (Å²) in [5.41, 5.74) is 2.22. The fourth-order valence-corrected chi connectivity index (χ4v) is 3.00. The van der Waals surface area contributed by atoms with Gasteiger partial charge in [-0.15, -0.1) is 0 Å². The van der Waals surface area contributed by atoms with Crippen LogP contribution in [0.2, 0.25) is 5.02 Å². The van der Waals surface area contributed by atoms with Crippen LogP contribution in [0.4, 0.5) is 5.69 Å². The maximum atomic E-state index is 12.5. The molecule has 0 aliphatic carbocycles. The monoisotopic (exact) mass is 383 g/mol. The largest absolute Gasteiger partial charge is 0.371 e. The van der Waals surface area contributed by atoms with Gasteiger partial charge in [0.2, 0.25) is 0 Å². The summed E-state index contributed by atoms with van der Waals surface area (Å²) in [4.78, 5) is 16.7. The van der Waals surface area contributed by atoms with Crippen molar-refractivity contribution in [3.05, 3.63) is 71.1 Å². The second-order valence-corrected chi connectivity index (χ2v) is 6.58. The molecule has 0 spiro atoms. The number of benzene rings is 1. The van der Waals surface area contributed by atoms with Crippen LogP contribution in [0.15, 0.2) is 55.0 Å². The second kappa shape index (κ2) is 7.87. The lowest BCUT2D eigenvalue weighted by atomic mass is 10.1. The third-order valence-corrected chi connectivity index (χ3v) is 4.49. The van der Waals surface area contributed by atoms with Gasteiger partial charge in [-0.1, -0.05) is 23.7 Å². The zero-order valence-electron chi connectivity index (χ0n) is 14.4. The van der Waals surface area contributed by atoms with Gasteiger partial charge in [-0.3, -0.25) is 4.79 Å². The number of rotatable bonds is 4. The summed E-state index contributed by atoms with van der Waals surface area (Å²) in [6, 6.07) is 11.0. The van der Waals surface area contributed by atoms with E-state index in [0.29, 0.717) is 28.7 Å². The van der Waals surface area contributed by atoms with E-state index >= 15 is 0 Å². The van der Waals surface area contributed by atoms with Gasteiger partial charge in [0, 0.05) is 42.3 Å². The van der Waals surface area contributed by atoms with E-state index in [4.69, 9.17) is 16.3 Å². The average molecular weight is 384 g/mol. The average Bonchev–Trinajstić information content (AvgIpc) is 3.20. The summed E-state index contributed by atoms with van der Waals surface area (Å²) in [6.07, 6.45) is 4.75. The van der Waals surface area contributed by atoms with Crippen molar-refractivity contribution in [2.24, 2.45) is 0 Å². The first-order valence-electron chi connectivity index (χ1n) is 8.59. The van der Waals surface area contributed by atoms with E-state index < -0.39 is 0 Å². The zero-order chi connectivity index (χ0) is 18.6. The van der Waals surface area contributed by atoms with Gasteiger partial charge in [-0.05, 0) is 23.8 Å². The highest BCUT2D eigenvalue weighted by Crippen LogP contribution is 2.21. The van der Waals surface area contributed by atoms with E-state index in [1.807, 2.05) is 24.3 Å². The minimum atomic E-state index is -0.244. The van der Waals surface area contributed by atoms with Crippen LogP contribution in [0.5, 0.6) is 0 Å². The fourth-order valence-electron chi connectivity index (χ4n) is 2.85. The van der Waals surface area contributed by atoms with Crippen LogP contribution in [0.1, 0.15) is 22.0 Å². The van der Waals surface area contributed by atoms with E-state index in [-0.39, 0.29) is 12.0 Å². The van der Waals surface area contributed by atoms with Crippen LogP contribution in [0.25, 0.3) is 5.82 Å². The van der Waals surface area contributed by atoms with Crippen molar-refractivity contribution in [2.45, 2.75) is 6.10 Å². The number of ether oxygens (including phenoxy) is 1. The Hall–Kier alpha value is -2.74. The number of carbonyl (C=O) groups excluding carboxylic acids is 1. The molecule has 27 heavy (non-hydrogen) atoms. The molecule has 1 fully saturated rings. The molecule has 7 nitrogen and oxygen atoms in total. The highest BCUT2D eigenvalue weighted by molar-refractivity contribution is 6.30. The van der Waals surface area contributed by atoms with Crippen molar-refractivity contribution in [2.75, 3.05) is 25.0 Å². The molecule has 2 aromatic heterocycles. The maximum absolute atomic E-state index is 12.5. The Morgan fingerprint density at radius 1 is 1.30 bits per heavy atom. The van der Waals surface area contributed by atoms with Gasteiger partial charge in [0.15, 0.2) is 5.82 Å². The molecule has 0 saturated carbocycles. The minimum absolute atomic E-state index is 0.0481. The van der Waals surface area contributed by atoms with Crippen molar-refractivity contribution in [1.29, 1.82) is 0 Å². The Kier molecular flexibility index (Phi) is 5.15. The van der Waals surface area contributed by atoms with Crippen LogP contribution < -0.4 is 10.6 Å². The predicted molar refractivity (Wildman–Crippen MR) is 102 cm³/mol. The summed E-state index contributed by atoms with van der Waals surface area (Å²) in [5.74, 6) is 0.304. The number of amides is 1. The van der Waals surface area contributed by atoms with Crippen LogP contribution in [0.3, 0.4) is 0 Å². The van der Waals surface area contributed by atoms with Crippen LogP contribution >= 0.6 is 11.6 Å². The molecule has 0 unspecified atom stereocenters. The molecule has 4 rings (SSSR count). The summed E-state index contributed by atoms with van der Waals surface area (Å²) in [7, 11) is 0. The fraction of sp³-hybridized carbons (Fsp3) is 0.211. The molecule has 1 aliphatic rings. The van der Waals surface area contributed by atoms with Crippen molar-refractivity contribution >= 4 is 23.2 Å². The smallest absolute Gasteiger partial charge is 0.258 e. The second-order valence-electron chi connectivity index (χ2n) is 6.15. The van der Waals surface area contributed by atoms with Gasteiger partial charge in [-0.25, -0.2) is 9.67 Å². The topological polar surface area (TPSA) is 81.1 Å². The van der Waals surface area contributed by atoms with Crippen molar-refractivity contribution in [3.8, 4) is 5.82 Å². The molecule has 3 aromatic rings. The summed E-state index contributed by atoms with van der Waals surface area (Å²) in [5, 5.41) is 10.9. The molecule has 3 heterocycles. The van der Waals surface area contributed by atoms with E-state index in [2.05, 4.69) is 20.7 Å². The lowest BCUT2D eigenvalue weighted by Crippen LogP contribution is -2.33. The number of hydrogen-bond donors (Lipinski definition) is 2. The van der Waals surface area contributed by atoms with Gasteiger partial charge in [-0.2, -0.15) is 5.10 Å². The Morgan fingerprint density at radius 3 is 2.89 bits per heavy atom. The molecule has 8 heteroatoms. The summed E-state index contributed by atoms with van der Waals surface area (Å²) in [6.45, 7) is 2.38. The summed E-state index contributed by atoms with van der Waals surface area (Å²) < 4.78 is 7.24. The molecule has 1 amide bonds. The number of carbonyl (C=O) groups is 1. The van der Waals surface area contributed by atoms with E-state index in [0.717, 1.165) is 18.7 Å². The number of halogens is 1. The van der Waals surface area contributed by atoms with Crippen LogP contribution in [0, 0.1) is 0 Å². The molecule has 0 bridgehead atoms. The first-order chi connectivity index (χ1) is 13.2. The quantitative estimate of drug-likeness (QED) is 0.724. The lowest BCUT2D eigenvalue weighted by molar-refractivity contribution is 0.0277. The maximum Gasteiger partial charge on any atom is 0.258 e. The number of aromatic nitrogens is 3. The van der Waals surface area contributed by atoms with E-state index in [1.54, 1.807) is 24.5 Å². The molecule has 138 valence electrons. The number of nitrogens with one attached hydrogen (secondary N) is 2. The highest BCUT2D eigenvalue weighted by atomic mass is 35.5. The number of nitrogens with zero attached hydrogens (tertiary/aromatic N) is 3. The molecule has 2 N–H and O–H groups in total. The minimum Gasteiger partial charge on any atom is -0.371 e. The third kappa shape index (κ3) is 4.16. The van der Waals surface area contributed by atoms with Gasteiger partial charge < -0.3 is 15.4 Å². The number of morpholine rings is 1. The standard InChI is InChI=1S/C19H18ClN5O2/c20-15-5-6-22-18(9-15)25-12-14(10-23-25)19(26)24-16-3-1-13(2-4-16)17-11-21-7-8-27-17/h1-6,9-10,12,17,21H,7-8,11H2,(H,24,26)/t17-/m1/s1. The van der Waals surface area contributed by atoms with E-state index in [1.165, 1.54) is 10.9 Å². The molecule has 1 atom stereocenters. The van der Waals surface area contributed by atoms with Gasteiger partial charge in [0.25, 0.3) is 5.91 Å². The Labute approximate surface area is 161 Å². The number of anilines is 1. The molecular weight excluding hydrogens is 366 g/mol. The van der Waals surface area contributed by atoms with Gasteiger partial charge >= 0.3 is 0 Å². The normalized spacial score (nSPS) is 16.9. The van der Waals surface area contributed by atoms with Gasteiger partial charge in [0.05, 0.1) is 24.5 Å². The van der Waals surface area contributed by atoms with Crippen molar-refractivity contribution in [3.63, 3.8) is 0 Å². The first-order valence-corrected chi connectivity index (χ1v) is 8.97. The molecule has 1 aromatic carbocycles. The third-order valence-electron chi connectivity index (χ3n) is 4.26. The first kappa shape index (κ1) is 17.7. The van der Waals surface area contributed by atoms with E-state index in [9.17, 15) is 4.79 Å². The zero-order valence-corrected chi connectivity index (χ0v) is 15.2. The highest BCUT2D eigenvalue weighted by Gasteiger charge is 2.16. The Morgan fingerprint density at radius 2 is 2.15 bits per heavy atom. The predicted octanol–water partition coefficient (Wildman–Crippen LogP) is 2.83. The number of pyridine rings is 1.